The Morgan fingerprint density at radius 2 is 2.23 bits per heavy atom. The number of fused-ring (bicyclic) bond motifs is 3. The highest BCUT2D eigenvalue weighted by molar-refractivity contribution is 9.10. The number of nitrogens with zero attached hydrogens (tertiary/aromatic N) is 5. The Bertz CT molecular complexity index is 1060. The molecule has 0 amide bonds. The number of aryl methyl sites for hydroxylation is 1. The summed E-state index contributed by atoms with van der Waals surface area (Å²) in [5.74, 6) is 0.484. The molecule has 0 fully saturated rings. The number of benzene rings is 1. The molecule has 0 aliphatic carbocycles. The molecule has 0 bridgehead atoms. The topological polar surface area (TPSA) is 80.9 Å². The first-order valence-electron chi connectivity index (χ1n) is 6.77. The fraction of sp³-hybridized carbons (Fsp3) is 0.143. The van der Waals surface area contributed by atoms with Gasteiger partial charge in [-0.25, -0.2) is 9.78 Å². The van der Waals surface area contributed by atoms with Gasteiger partial charge in [0.2, 0.25) is 0 Å². The van der Waals surface area contributed by atoms with Crippen molar-refractivity contribution in [2.24, 2.45) is 0 Å². The third-order valence-electron chi connectivity index (χ3n) is 3.50. The predicted octanol–water partition coefficient (Wildman–Crippen LogP) is 2.22. The first-order valence-corrected chi connectivity index (χ1v) is 7.57. The summed E-state index contributed by atoms with van der Waals surface area (Å²) >= 11 is 3.44. The number of rotatable bonds is 2. The minimum absolute atomic E-state index is 0.323. The van der Waals surface area contributed by atoms with Crippen LogP contribution in [0.3, 0.4) is 0 Å². The van der Waals surface area contributed by atoms with Crippen LogP contribution in [0.4, 0.5) is 0 Å². The molecule has 7 nitrogen and oxygen atoms in total. The van der Waals surface area contributed by atoms with Gasteiger partial charge in [0.05, 0.1) is 17.3 Å². The SMILES string of the molecule is CCn1cc(-c2nc3c4cccc(Br)c4[nH]c(=O)n3n2)cn1. The van der Waals surface area contributed by atoms with Crippen LogP contribution in [0, 0.1) is 0 Å². The van der Waals surface area contributed by atoms with Gasteiger partial charge in [-0.15, -0.1) is 5.10 Å². The number of para-hydroxylation sites is 1. The zero-order valence-electron chi connectivity index (χ0n) is 11.6. The molecule has 3 aromatic heterocycles. The van der Waals surface area contributed by atoms with E-state index in [0.717, 1.165) is 22.0 Å². The van der Waals surface area contributed by atoms with Crippen LogP contribution in [0.2, 0.25) is 0 Å². The molecule has 0 aliphatic rings. The van der Waals surface area contributed by atoms with Crippen molar-refractivity contribution in [3.05, 3.63) is 45.5 Å². The normalized spacial score (nSPS) is 11.5. The van der Waals surface area contributed by atoms with Crippen LogP contribution in [0.25, 0.3) is 27.9 Å². The van der Waals surface area contributed by atoms with Gasteiger partial charge in [-0.2, -0.15) is 9.61 Å². The van der Waals surface area contributed by atoms with Gasteiger partial charge < -0.3 is 4.98 Å². The first-order chi connectivity index (χ1) is 10.7. The van der Waals surface area contributed by atoms with E-state index in [-0.39, 0.29) is 5.69 Å². The number of aromatic nitrogens is 6. The average molecular weight is 359 g/mol. The lowest BCUT2D eigenvalue weighted by molar-refractivity contribution is 0.660. The fourth-order valence-electron chi connectivity index (χ4n) is 2.40. The van der Waals surface area contributed by atoms with Crippen molar-refractivity contribution in [1.29, 1.82) is 0 Å². The van der Waals surface area contributed by atoms with Gasteiger partial charge in [0.1, 0.15) is 0 Å². The number of hydrogen-bond donors (Lipinski definition) is 1. The van der Waals surface area contributed by atoms with E-state index in [4.69, 9.17) is 0 Å². The largest absolute Gasteiger partial charge is 0.348 e. The molecular formula is C14H11BrN6O. The summed E-state index contributed by atoms with van der Waals surface area (Å²) in [6, 6.07) is 5.67. The van der Waals surface area contributed by atoms with Crippen LogP contribution < -0.4 is 5.69 Å². The van der Waals surface area contributed by atoms with E-state index >= 15 is 0 Å². The molecule has 0 saturated heterocycles. The van der Waals surface area contributed by atoms with E-state index in [0.29, 0.717) is 17.0 Å². The Hall–Kier alpha value is -2.48. The van der Waals surface area contributed by atoms with Gasteiger partial charge >= 0.3 is 5.69 Å². The molecule has 1 aromatic carbocycles. The Balaban J connectivity index is 2.04. The van der Waals surface area contributed by atoms with E-state index in [1.54, 1.807) is 10.9 Å². The van der Waals surface area contributed by atoms with Crippen molar-refractivity contribution in [3.8, 4) is 11.4 Å². The summed E-state index contributed by atoms with van der Waals surface area (Å²) in [5, 5.41) is 9.35. The van der Waals surface area contributed by atoms with Crippen molar-refractivity contribution in [2.45, 2.75) is 13.5 Å². The van der Waals surface area contributed by atoms with E-state index < -0.39 is 0 Å². The summed E-state index contributed by atoms with van der Waals surface area (Å²) in [6.45, 7) is 2.77. The maximum atomic E-state index is 12.2. The van der Waals surface area contributed by atoms with Crippen LogP contribution in [0.1, 0.15) is 6.92 Å². The fourth-order valence-corrected chi connectivity index (χ4v) is 2.87. The van der Waals surface area contributed by atoms with Crippen LogP contribution in [-0.4, -0.2) is 29.4 Å². The Morgan fingerprint density at radius 1 is 1.36 bits per heavy atom. The molecule has 0 atom stereocenters. The molecule has 0 aliphatic heterocycles. The van der Waals surface area contributed by atoms with Crippen molar-refractivity contribution < 1.29 is 0 Å². The number of aromatic amines is 1. The van der Waals surface area contributed by atoms with Crippen LogP contribution in [-0.2, 0) is 6.54 Å². The summed E-state index contributed by atoms with van der Waals surface area (Å²) in [6.07, 6.45) is 3.56. The molecule has 8 heteroatoms. The molecule has 0 spiro atoms. The smallest absolute Gasteiger partial charge is 0.304 e. The second kappa shape index (κ2) is 4.77. The minimum atomic E-state index is -0.323. The lowest BCUT2D eigenvalue weighted by Gasteiger charge is -2.00. The molecule has 1 N–H and O–H groups in total. The second-order valence-electron chi connectivity index (χ2n) is 4.85. The van der Waals surface area contributed by atoms with E-state index in [9.17, 15) is 4.79 Å². The summed E-state index contributed by atoms with van der Waals surface area (Å²) in [7, 11) is 0. The Morgan fingerprint density at radius 3 is 3.00 bits per heavy atom. The molecule has 4 aromatic rings. The lowest BCUT2D eigenvalue weighted by atomic mass is 10.2. The quantitative estimate of drug-likeness (QED) is 0.595. The Kier molecular flexibility index (Phi) is 2.86. The Labute approximate surface area is 132 Å². The molecule has 0 radical (unpaired) electrons. The highest BCUT2D eigenvalue weighted by atomic mass is 79.9. The summed E-state index contributed by atoms with van der Waals surface area (Å²) in [4.78, 5) is 19.6. The van der Waals surface area contributed by atoms with Crippen molar-refractivity contribution in [1.82, 2.24) is 29.4 Å². The van der Waals surface area contributed by atoms with Gasteiger partial charge in [-0.1, -0.05) is 6.07 Å². The molecule has 4 rings (SSSR count). The molecular weight excluding hydrogens is 348 g/mol. The van der Waals surface area contributed by atoms with Crippen LogP contribution in [0.15, 0.2) is 39.9 Å². The third kappa shape index (κ3) is 1.87. The van der Waals surface area contributed by atoms with Gasteiger partial charge in [-0.3, -0.25) is 4.68 Å². The van der Waals surface area contributed by atoms with E-state index in [1.807, 2.05) is 31.3 Å². The number of nitrogens with one attached hydrogen (secondary N) is 1. The molecule has 0 saturated carbocycles. The van der Waals surface area contributed by atoms with Crippen LogP contribution >= 0.6 is 15.9 Å². The third-order valence-corrected chi connectivity index (χ3v) is 4.16. The van der Waals surface area contributed by atoms with E-state index in [1.165, 1.54) is 4.52 Å². The zero-order valence-corrected chi connectivity index (χ0v) is 13.2. The summed E-state index contributed by atoms with van der Waals surface area (Å²) < 4.78 is 3.89. The zero-order chi connectivity index (χ0) is 15.3. The molecule has 22 heavy (non-hydrogen) atoms. The van der Waals surface area contributed by atoms with Gasteiger partial charge in [0, 0.05) is 22.6 Å². The molecule has 0 unspecified atom stereocenters. The van der Waals surface area contributed by atoms with Crippen molar-refractivity contribution >= 4 is 32.5 Å². The molecule has 110 valence electrons. The van der Waals surface area contributed by atoms with Gasteiger partial charge in [0.15, 0.2) is 11.5 Å². The monoisotopic (exact) mass is 358 g/mol. The second-order valence-corrected chi connectivity index (χ2v) is 5.70. The first kappa shape index (κ1) is 13.2. The van der Waals surface area contributed by atoms with E-state index in [2.05, 4.69) is 36.1 Å². The van der Waals surface area contributed by atoms with Gasteiger partial charge in [0.25, 0.3) is 0 Å². The maximum absolute atomic E-state index is 12.2. The minimum Gasteiger partial charge on any atom is -0.304 e. The molecule has 3 heterocycles. The average Bonchev–Trinajstić information content (AvgIpc) is 3.15. The highest BCUT2D eigenvalue weighted by Gasteiger charge is 2.14. The van der Waals surface area contributed by atoms with Crippen LogP contribution in [0.5, 0.6) is 0 Å². The summed E-state index contributed by atoms with van der Waals surface area (Å²) in [5.41, 5.74) is 1.70. The van der Waals surface area contributed by atoms with Crippen molar-refractivity contribution in [2.75, 3.05) is 0 Å². The highest BCUT2D eigenvalue weighted by Crippen LogP contribution is 2.24. The number of halogens is 1. The maximum Gasteiger partial charge on any atom is 0.348 e. The predicted molar refractivity (Wildman–Crippen MR) is 85.7 cm³/mol. The number of H-pyrrole nitrogens is 1. The number of hydrogen-bond acceptors (Lipinski definition) is 4. The van der Waals surface area contributed by atoms with Gasteiger partial charge in [-0.05, 0) is 35.0 Å². The standard InChI is InChI=1S/C14H11BrN6O/c1-2-20-7-8(6-16-20)12-18-13-9-4-3-5-10(15)11(9)17-14(22)21(13)19-12/h3-7H,2H2,1H3,(H,17,22). The lowest BCUT2D eigenvalue weighted by Crippen LogP contribution is -2.17. The van der Waals surface area contributed by atoms with Crippen molar-refractivity contribution in [3.63, 3.8) is 0 Å².